The summed E-state index contributed by atoms with van der Waals surface area (Å²) < 4.78 is 5.79. The van der Waals surface area contributed by atoms with Crippen molar-refractivity contribution in [3.63, 3.8) is 0 Å². The average Bonchev–Trinajstić information content (AvgIpc) is 3.26. The van der Waals surface area contributed by atoms with Gasteiger partial charge in [0.15, 0.2) is 0 Å². The summed E-state index contributed by atoms with van der Waals surface area (Å²) in [5.74, 6) is 1.77. The first-order chi connectivity index (χ1) is 14.6. The summed E-state index contributed by atoms with van der Waals surface area (Å²) in [6.45, 7) is 8.17. The van der Waals surface area contributed by atoms with Gasteiger partial charge in [-0.05, 0) is 42.0 Å². The topological polar surface area (TPSA) is 74.5 Å². The van der Waals surface area contributed by atoms with Crippen molar-refractivity contribution < 1.29 is 9.21 Å². The molecule has 1 aromatic carbocycles. The van der Waals surface area contributed by atoms with Crippen LogP contribution in [0.5, 0.6) is 0 Å². The lowest BCUT2D eigenvalue weighted by Gasteiger charge is -2.34. The van der Waals surface area contributed by atoms with E-state index in [0.29, 0.717) is 24.9 Å². The Morgan fingerprint density at radius 2 is 1.77 bits per heavy atom. The van der Waals surface area contributed by atoms with E-state index in [0.717, 1.165) is 36.6 Å². The Kier molecular flexibility index (Phi) is 6.09. The van der Waals surface area contributed by atoms with Crippen molar-refractivity contribution in [1.82, 2.24) is 19.8 Å². The number of aromatic nitrogens is 2. The predicted octanol–water partition coefficient (Wildman–Crippen LogP) is 4.21. The monoisotopic (exact) mass is 405 g/mol. The Morgan fingerprint density at radius 3 is 2.40 bits per heavy atom. The number of carbonyl (C=O) groups excluding carboxylic acids is 1. The Labute approximate surface area is 176 Å². The number of hydrogen-bond donors (Lipinski definition) is 1. The summed E-state index contributed by atoms with van der Waals surface area (Å²) in [4.78, 5) is 25.2. The highest BCUT2D eigenvalue weighted by Gasteiger charge is 2.21. The first-order valence-electron chi connectivity index (χ1n) is 10.3. The maximum atomic E-state index is 12.6. The molecular weight excluding hydrogens is 378 g/mol. The number of hydrogen-bond acceptors (Lipinski definition) is 5. The zero-order chi connectivity index (χ0) is 20.9. The zero-order valence-corrected chi connectivity index (χ0v) is 17.4. The van der Waals surface area contributed by atoms with Gasteiger partial charge in [-0.15, -0.1) is 0 Å². The number of rotatable bonds is 5. The quantitative estimate of drug-likeness (QED) is 0.688. The second-order valence-electron chi connectivity index (χ2n) is 7.85. The smallest absolute Gasteiger partial charge is 0.321 e. The SMILES string of the molecule is CC(C)c1cnc(-c2ccc(NC(=O)N3CCN(Cc4ccncc4)CC3)cc2)o1. The van der Waals surface area contributed by atoms with Gasteiger partial charge in [0.25, 0.3) is 0 Å². The molecule has 3 heterocycles. The molecule has 0 spiro atoms. The number of piperazine rings is 1. The Morgan fingerprint density at radius 1 is 1.07 bits per heavy atom. The van der Waals surface area contributed by atoms with E-state index in [4.69, 9.17) is 4.42 Å². The molecule has 4 rings (SSSR count). The lowest BCUT2D eigenvalue weighted by Crippen LogP contribution is -2.49. The molecule has 2 amide bonds. The summed E-state index contributed by atoms with van der Waals surface area (Å²) in [5.41, 5.74) is 2.90. The molecule has 1 aliphatic rings. The van der Waals surface area contributed by atoms with Crippen LogP contribution in [0.25, 0.3) is 11.5 Å². The molecule has 1 aliphatic heterocycles. The number of oxazole rings is 1. The molecule has 1 N–H and O–H groups in total. The van der Waals surface area contributed by atoms with Crippen LogP contribution in [0.4, 0.5) is 10.5 Å². The second-order valence-corrected chi connectivity index (χ2v) is 7.85. The molecule has 2 aromatic heterocycles. The average molecular weight is 406 g/mol. The Hall–Kier alpha value is -3.19. The fourth-order valence-corrected chi connectivity index (χ4v) is 3.44. The molecule has 3 aromatic rings. The number of pyridine rings is 1. The summed E-state index contributed by atoms with van der Waals surface area (Å²) in [6.07, 6.45) is 5.40. The van der Waals surface area contributed by atoms with Crippen molar-refractivity contribution >= 4 is 11.7 Å². The molecule has 0 saturated carbocycles. The lowest BCUT2D eigenvalue weighted by atomic mass is 10.2. The molecule has 0 atom stereocenters. The van der Waals surface area contributed by atoms with Gasteiger partial charge < -0.3 is 14.6 Å². The Balaban J connectivity index is 1.29. The molecule has 0 unspecified atom stereocenters. The van der Waals surface area contributed by atoms with Crippen molar-refractivity contribution in [2.45, 2.75) is 26.3 Å². The fraction of sp³-hybridized carbons (Fsp3) is 0.348. The van der Waals surface area contributed by atoms with E-state index in [1.807, 2.05) is 53.7 Å². The van der Waals surface area contributed by atoms with Gasteiger partial charge in [-0.25, -0.2) is 9.78 Å². The van der Waals surface area contributed by atoms with E-state index >= 15 is 0 Å². The molecule has 0 radical (unpaired) electrons. The van der Waals surface area contributed by atoms with E-state index in [1.165, 1.54) is 5.56 Å². The molecule has 0 aliphatic carbocycles. The van der Waals surface area contributed by atoms with Crippen LogP contribution in [0, 0.1) is 0 Å². The van der Waals surface area contributed by atoms with Crippen LogP contribution in [0.3, 0.4) is 0 Å². The van der Waals surface area contributed by atoms with Gasteiger partial charge in [-0.3, -0.25) is 9.88 Å². The highest BCUT2D eigenvalue weighted by Crippen LogP contribution is 2.24. The van der Waals surface area contributed by atoms with E-state index in [1.54, 1.807) is 6.20 Å². The van der Waals surface area contributed by atoms with Crippen LogP contribution in [-0.4, -0.2) is 52.0 Å². The summed E-state index contributed by atoms with van der Waals surface area (Å²) in [6, 6.07) is 11.6. The van der Waals surface area contributed by atoms with Crippen LogP contribution in [0.2, 0.25) is 0 Å². The summed E-state index contributed by atoms with van der Waals surface area (Å²) >= 11 is 0. The standard InChI is InChI=1S/C23H27N5O2/c1-17(2)21-15-25-22(30-21)19-3-5-20(6-4-19)26-23(29)28-13-11-27(12-14-28)16-18-7-9-24-10-8-18/h3-10,15,17H,11-14,16H2,1-2H3,(H,26,29). The van der Waals surface area contributed by atoms with Crippen LogP contribution in [0.1, 0.15) is 31.1 Å². The molecule has 7 nitrogen and oxygen atoms in total. The van der Waals surface area contributed by atoms with E-state index in [2.05, 4.69) is 34.0 Å². The highest BCUT2D eigenvalue weighted by molar-refractivity contribution is 5.89. The minimum absolute atomic E-state index is 0.0653. The largest absolute Gasteiger partial charge is 0.441 e. The highest BCUT2D eigenvalue weighted by atomic mass is 16.4. The third-order valence-electron chi connectivity index (χ3n) is 5.29. The summed E-state index contributed by atoms with van der Waals surface area (Å²) in [7, 11) is 0. The maximum Gasteiger partial charge on any atom is 0.321 e. The zero-order valence-electron chi connectivity index (χ0n) is 17.4. The second kappa shape index (κ2) is 9.09. The molecule has 7 heteroatoms. The van der Waals surface area contributed by atoms with E-state index < -0.39 is 0 Å². The van der Waals surface area contributed by atoms with Gasteiger partial charge in [0, 0.05) is 62.3 Å². The van der Waals surface area contributed by atoms with Crippen LogP contribution < -0.4 is 5.32 Å². The normalized spacial score (nSPS) is 14.8. The first-order valence-corrected chi connectivity index (χ1v) is 10.3. The van der Waals surface area contributed by atoms with Gasteiger partial charge in [0.2, 0.25) is 5.89 Å². The molecule has 156 valence electrons. The van der Waals surface area contributed by atoms with Crippen molar-refractivity contribution in [2.75, 3.05) is 31.5 Å². The molecule has 0 bridgehead atoms. The number of benzene rings is 1. The van der Waals surface area contributed by atoms with Gasteiger partial charge in [0.05, 0.1) is 6.20 Å². The van der Waals surface area contributed by atoms with Gasteiger partial charge in [-0.1, -0.05) is 13.8 Å². The fourth-order valence-electron chi connectivity index (χ4n) is 3.44. The number of nitrogens with one attached hydrogen (secondary N) is 1. The van der Waals surface area contributed by atoms with Crippen LogP contribution in [-0.2, 0) is 6.54 Å². The molecule has 1 saturated heterocycles. The number of anilines is 1. The predicted molar refractivity (Wildman–Crippen MR) is 116 cm³/mol. The minimum atomic E-state index is -0.0653. The van der Waals surface area contributed by atoms with Gasteiger partial charge in [0.1, 0.15) is 5.76 Å². The van der Waals surface area contributed by atoms with Crippen molar-refractivity contribution in [3.05, 3.63) is 66.3 Å². The number of urea groups is 1. The lowest BCUT2D eigenvalue weighted by molar-refractivity contribution is 0.143. The van der Waals surface area contributed by atoms with Crippen LogP contribution >= 0.6 is 0 Å². The van der Waals surface area contributed by atoms with Gasteiger partial charge >= 0.3 is 6.03 Å². The first kappa shape index (κ1) is 20.1. The number of amides is 2. The van der Waals surface area contributed by atoms with Crippen molar-refractivity contribution in [3.8, 4) is 11.5 Å². The molecule has 1 fully saturated rings. The molecular formula is C23H27N5O2. The third-order valence-corrected chi connectivity index (χ3v) is 5.29. The van der Waals surface area contributed by atoms with Crippen molar-refractivity contribution in [2.24, 2.45) is 0 Å². The summed E-state index contributed by atoms with van der Waals surface area (Å²) in [5, 5.41) is 2.99. The number of nitrogens with zero attached hydrogens (tertiary/aromatic N) is 4. The minimum Gasteiger partial charge on any atom is -0.441 e. The molecule has 30 heavy (non-hydrogen) atoms. The van der Waals surface area contributed by atoms with E-state index in [9.17, 15) is 4.79 Å². The third kappa shape index (κ3) is 4.86. The van der Waals surface area contributed by atoms with Crippen molar-refractivity contribution in [1.29, 1.82) is 0 Å². The van der Waals surface area contributed by atoms with Crippen LogP contribution in [0.15, 0.2) is 59.4 Å². The Bertz CT molecular complexity index is 961. The maximum absolute atomic E-state index is 12.6. The van der Waals surface area contributed by atoms with Gasteiger partial charge in [-0.2, -0.15) is 0 Å². The number of carbonyl (C=O) groups is 1. The van der Waals surface area contributed by atoms with E-state index in [-0.39, 0.29) is 6.03 Å².